The predicted octanol–water partition coefficient (Wildman–Crippen LogP) is 7.34. The van der Waals surface area contributed by atoms with Crippen molar-refractivity contribution < 1.29 is 14.7 Å². The molecule has 0 amide bonds. The number of ketones is 1. The van der Waals surface area contributed by atoms with Crippen molar-refractivity contribution in [1.29, 1.82) is 0 Å². The molecule has 0 aromatic rings. The number of rotatable bonds is 1. The first-order valence-corrected chi connectivity index (χ1v) is 13.9. The molecule has 35 heavy (non-hydrogen) atoms. The van der Waals surface area contributed by atoms with E-state index in [0.29, 0.717) is 18.3 Å². The van der Waals surface area contributed by atoms with Gasteiger partial charge in [0, 0.05) is 11.8 Å². The number of aliphatic carboxylic acids is 1. The second-order valence-corrected chi connectivity index (χ2v) is 15.1. The summed E-state index contributed by atoms with van der Waals surface area (Å²) in [5.41, 5.74) is 0.496. The fraction of sp³-hybridized carbons (Fsp3) is 0.839. The molecule has 0 bridgehead atoms. The maximum Gasteiger partial charge on any atom is 0.310 e. The van der Waals surface area contributed by atoms with E-state index in [4.69, 9.17) is 6.57 Å². The largest absolute Gasteiger partial charge is 0.481 e. The molecular formula is C31H45NO3. The summed E-state index contributed by atoms with van der Waals surface area (Å²) in [6.07, 6.45) is 10.7. The third kappa shape index (κ3) is 2.96. The fourth-order valence-electron chi connectivity index (χ4n) is 10.7. The SMILES string of the molecule is [C-]#[N+]C1C[C@@]2(C)C(CC[C@]3(C)C2CC=C2C4CC(C)(C)CCC4(C(=O)O)CC[C@]23C)C(C)(C)C1=O. The maximum absolute atomic E-state index is 13.2. The lowest BCUT2D eigenvalue weighted by Gasteiger charge is -2.70. The van der Waals surface area contributed by atoms with Crippen LogP contribution in [0.5, 0.6) is 0 Å². The number of allylic oxidation sites excluding steroid dienone is 2. The highest BCUT2D eigenvalue weighted by molar-refractivity contribution is 5.92. The van der Waals surface area contributed by atoms with Crippen LogP contribution in [0.1, 0.15) is 106 Å². The average molecular weight is 480 g/mol. The summed E-state index contributed by atoms with van der Waals surface area (Å²) in [5.74, 6) is 0.383. The van der Waals surface area contributed by atoms with E-state index >= 15 is 0 Å². The van der Waals surface area contributed by atoms with E-state index in [1.54, 1.807) is 0 Å². The van der Waals surface area contributed by atoms with Gasteiger partial charge in [-0.1, -0.05) is 60.1 Å². The van der Waals surface area contributed by atoms with Gasteiger partial charge >= 0.3 is 5.97 Å². The molecule has 8 atom stereocenters. The number of carbonyl (C=O) groups is 2. The third-order valence-electron chi connectivity index (χ3n) is 12.9. The molecule has 5 rings (SSSR count). The molecule has 192 valence electrons. The minimum absolute atomic E-state index is 0.0276. The first-order valence-electron chi connectivity index (χ1n) is 13.9. The molecular weight excluding hydrogens is 434 g/mol. The zero-order chi connectivity index (χ0) is 25.8. The van der Waals surface area contributed by atoms with Gasteiger partial charge in [-0.15, -0.1) is 0 Å². The van der Waals surface area contributed by atoms with Crippen LogP contribution < -0.4 is 0 Å². The molecule has 5 unspecified atom stereocenters. The van der Waals surface area contributed by atoms with Gasteiger partial charge in [0.05, 0.1) is 5.41 Å². The van der Waals surface area contributed by atoms with Crippen molar-refractivity contribution in [2.45, 2.75) is 112 Å². The molecule has 4 heteroatoms. The lowest BCUT2D eigenvalue weighted by molar-refractivity contribution is -0.189. The van der Waals surface area contributed by atoms with E-state index in [9.17, 15) is 14.7 Å². The quantitative estimate of drug-likeness (QED) is 0.316. The van der Waals surface area contributed by atoms with Crippen LogP contribution in [0.25, 0.3) is 4.85 Å². The van der Waals surface area contributed by atoms with Gasteiger partial charge in [0.25, 0.3) is 6.04 Å². The Morgan fingerprint density at radius 3 is 2.26 bits per heavy atom. The van der Waals surface area contributed by atoms with Gasteiger partial charge in [0.15, 0.2) is 0 Å². The van der Waals surface area contributed by atoms with E-state index in [1.807, 2.05) is 0 Å². The molecule has 5 aliphatic carbocycles. The number of fused-ring (bicyclic) bond motifs is 7. The minimum Gasteiger partial charge on any atom is -0.481 e. The molecule has 4 nitrogen and oxygen atoms in total. The fourth-order valence-corrected chi connectivity index (χ4v) is 10.7. The van der Waals surface area contributed by atoms with Crippen LogP contribution in [0, 0.1) is 56.8 Å². The van der Waals surface area contributed by atoms with Crippen LogP contribution in [-0.2, 0) is 9.59 Å². The van der Waals surface area contributed by atoms with E-state index in [-0.39, 0.29) is 33.4 Å². The first kappa shape index (κ1) is 25.0. The van der Waals surface area contributed by atoms with Crippen molar-refractivity contribution in [3.8, 4) is 0 Å². The summed E-state index contributed by atoms with van der Waals surface area (Å²) in [6.45, 7) is 24.0. The maximum atomic E-state index is 13.2. The topological polar surface area (TPSA) is 58.7 Å². The second kappa shape index (κ2) is 7.23. The summed E-state index contributed by atoms with van der Waals surface area (Å²) in [6, 6.07) is -0.531. The summed E-state index contributed by atoms with van der Waals surface area (Å²) in [7, 11) is 0. The van der Waals surface area contributed by atoms with Crippen LogP contribution in [0.3, 0.4) is 0 Å². The molecule has 4 fully saturated rings. The number of hydrogen-bond acceptors (Lipinski definition) is 2. The highest BCUT2D eigenvalue weighted by Gasteiger charge is 2.71. The van der Waals surface area contributed by atoms with Crippen LogP contribution >= 0.6 is 0 Å². The molecule has 5 aliphatic rings. The van der Waals surface area contributed by atoms with E-state index in [2.05, 4.69) is 59.4 Å². The molecule has 0 spiro atoms. The molecule has 1 N–H and O–H groups in total. The lowest BCUT2D eigenvalue weighted by Crippen LogP contribution is -2.66. The number of carboxylic acid groups (broad SMARTS) is 1. The highest BCUT2D eigenvalue weighted by atomic mass is 16.4. The van der Waals surface area contributed by atoms with Gasteiger partial charge in [0.1, 0.15) is 0 Å². The van der Waals surface area contributed by atoms with Gasteiger partial charge < -0.3 is 9.95 Å². The Labute approximate surface area is 212 Å². The van der Waals surface area contributed by atoms with Gasteiger partial charge in [0.2, 0.25) is 5.78 Å². The van der Waals surface area contributed by atoms with Crippen LogP contribution in [0.15, 0.2) is 11.6 Å². The molecule has 0 radical (unpaired) electrons. The van der Waals surface area contributed by atoms with Gasteiger partial charge in [-0.2, -0.15) is 0 Å². The minimum atomic E-state index is -0.612. The van der Waals surface area contributed by atoms with Crippen molar-refractivity contribution in [2.24, 2.45) is 50.2 Å². The summed E-state index contributed by atoms with van der Waals surface area (Å²) in [5, 5.41) is 10.5. The standard InChI is InChI=1S/C31H45NO3/c1-26(2)13-15-31(25(34)35)16-14-29(6)19(20(31)17-26)9-10-23-28(5)18-21(32-8)24(33)27(3,4)22(28)11-12-30(23,29)7/h9,20-23H,10-18H2,1-7H3,(H,34,35)/t20?,21?,22?,23?,28-,29+,30+,31?/m0/s1. The third-order valence-corrected chi connectivity index (χ3v) is 12.9. The van der Waals surface area contributed by atoms with Crippen LogP contribution in [0.2, 0.25) is 0 Å². The molecule has 0 aromatic heterocycles. The normalized spacial score (nSPS) is 49.9. The number of carboxylic acids is 1. The average Bonchev–Trinajstić information content (AvgIpc) is 2.76. The zero-order valence-corrected chi connectivity index (χ0v) is 23.0. The van der Waals surface area contributed by atoms with E-state index in [1.165, 1.54) is 5.57 Å². The Hall–Kier alpha value is -1.63. The Kier molecular flexibility index (Phi) is 5.17. The Morgan fingerprint density at radius 1 is 0.971 bits per heavy atom. The van der Waals surface area contributed by atoms with E-state index in [0.717, 1.165) is 51.4 Å². The van der Waals surface area contributed by atoms with Crippen molar-refractivity contribution in [3.05, 3.63) is 23.1 Å². The lowest BCUT2D eigenvalue weighted by atomic mass is 9.33. The van der Waals surface area contributed by atoms with E-state index < -0.39 is 22.8 Å². The van der Waals surface area contributed by atoms with Gasteiger partial charge in [-0.25, -0.2) is 6.57 Å². The number of carbonyl (C=O) groups excluding carboxylic acids is 1. The Balaban J connectivity index is 1.62. The Bertz CT molecular complexity index is 1050. The monoisotopic (exact) mass is 479 g/mol. The van der Waals surface area contributed by atoms with Gasteiger partial charge in [-0.05, 0) is 90.8 Å². The van der Waals surface area contributed by atoms with Crippen LogP contribution in [-0.4, -0.2) is 22.9 Å². The zero-order valence-electron chi connectivity index (χ0n) is 23.0. The molecule has 0 saturated heterocycles. The molecule has 4 saturated carbocycles. The van der Waals surface area contributed by atoms with Crippen molar-refractivity contribution in [2.75, 3.05) is 0 Å². The molecule has 0 aromatic carbocycles. The number of hydrogen-bond donors (Lipinski definition) is 1. The van der Waals surface area contributed by atoms with Gasteiger partial charge in [-0.3, -0.25) is 9.59 Å². The number of Topliss-reactive ketones (excluding diaryl/α,β-unsaturated/α-hetero) is 1. The highest BCUT2D eigenvalue weighted by Crippen LogP contribution is 2.75. The van der Waals surface area contributed by atoms with Crippen LogP contribution in [0.4, 0.5) is 0 Å². The smallest absolute Gasteiger partial charge is 0.310 e. The van der Waals surface area contributed by atoms with Crippen molar-refractivity contribution >= 4 is 11.8 Å². The van der Waals surface area contributed by atoms with Crippen molar-refractivity contribution in [1.82, 2.24) is 0 Å². The second-order valence-electron chi connectivity index (χ2n) is 15.1. The summed E-state index contributed by atoms with van der Waals surface area (Å²) < 4.78 is 0. The Morgan fingerprint density at radius 2 is 1.63 bits per heavy atom. The number of nitrogens with zero attached hydrogens (tertiary/aromatic N) is 1. The molecule has 0 heterocycles. The molecule has 0 aliphatic heterocycles. The predicted molar refractivity (Wildman–Crippen MR) is 137 cm³/mol. The van der Waals surface area contributed by atoms with Crippen molar-refractivity contribution in [3.63, 3.8) is 0 Å². The first-order chi connectivity index (χ1) is 16.1. The summed E-state index contributed by atoms with van der Waals surface area (Å²) in [4.78, 5) is 29.9. The summed E-state index contributed by atoms with van der Waals surface area (Å²) >= 11 is 0.